The van der Waals surface area contributed by atoms with Crippen molar-refractivity contribution in [1.29, 1.82) is 0 Å². The smallest absolute Gasteiger partial charge is 0.328 e. The van der Waals surface area contributed by atoms with Crippen molar-refractivity contribution in [3.05, 3.63) is 68.5 Å². The third-order valence-electron chi connectivity index (χ3n) is 5.65. The summed E-state index contributed by atoms with van der Waals surface area (Å²) in [6, 6.07) is 6.06. The van der Waals surface area contributed by atoms with Gasteiger partial charge in [-0.3, -0.25) is 23.9 Å². The van der Waals surface area contributed by atoms with Gasteiger partial charge in [0.2, 0.25) is 11.8 Å². The van der Waals surface area contributed by atoms with Crippen molar-refractivity contribution in [2.24, 2.45) is 0 Å². The molecule has 0 spiro atoms. The summed E-state index contributed by atoms with van der Waals surface area (Å²) in [5, 5.41) is 44.6. The molecule has 2 aromatic rings. The molecule has 0 bridgehead atoms. The topological polar surface area (TPSA) is 203 Å². The second-order valence-corrected chi connectivity index (χ2v) is 8.27. The van der Waals surface area contributed by atoms with Gasteiger partial charge in [0.15, 0.2) is 6.29 Å². The SMILES string of the molecule is Cc1cn(CC(=O)N[C@@H](Cc2ccccc2)C(=O)N[C@@H]2[C@@H](O)[C@H](O)[C@@H](CO)O[C@H]2O)c(=O)[nH]c1=O. The lowest BCUT2D eigenvalue weighted by atomic mass is 9.96. The number of hydrogen-bond acceptors (Lipinski definition) is 9. The van der Waals surface area contributed by atoms with Crippen LogP contribution in [0.5, 0.6) is 0 Å². The molecule has 1 aromatic carbocycles. The average Bonchev–Trinajstić information content (AvgIpc) is 2.82. The summed E-state index contributed by atoms with van der Waals surface area (Å²) >= 11 is 0. The van der Waals surface area contributed by atoms with Gasteiger partial charge in [-0.05, 0) is 12.5 Å². The van der Waals surface area contributed by atoms with Crippen LogP contribution in [0.2, 0.25) is 0 Å². The number of ether oxygens (including phenoxy) is 1. The molecule has 1 aliphatic heterocycles. The maximum Gasteiger partial charge on any atom is 0.328 e. The number of nitrogens with zero attached hydrogens (tertiary/aromatic N) is 1. The van der Waals surface area contributed by atoms with Gasteiger partial charge < -0.3 is 35.8 Å². The Bertz CT molecular complexity index is 1150. The molecule has 1 saturated heterocycles. The largest absolute Gasteiger partial charge is 0.394 e. The Hall–Kier alpha value is -3.36. The summed E-state index contributed by atoms with van der Waals surface area (Å²) in [5.41, 5.74) is -0.467. The van der Waals surface area contributed by atoms with E-state index in [-0.39, 0.29) is 12.0 Å². The number of amides is 2. The normalized spacial score (nSPS) is 25.0. The van der Waals surface area contributed by atoms with E-state index in [0.29, 0.717) is 5.56 Å². The van der Waals surface area contributed by atoms with Crippen molar-refractivity contribution in [2.45, 2.75) is 56.6 Å². The maximum atomic E-state index is 13.1. The van der Waals surface area contributed by atoms with Crippen molar-refractivity contribution >= 4 is 11.8 Å². The van der Waals surface area contributed by atoms with Crippen molar-refractivity contribution in [2.75, 3.05) is 6.61 Å². The molecule has 6 atom stereocenters. The molecule has 0 radical (unpaired) electrons. The van der Waals surface area contributed by atoms with Gasteiger partial charge >= 0.3 is 5.69 Å². The van der Waals surface area contributed by atoms with Crippen LogP contribution in [0.3, 0.4) is 0 Å². The number of aliphatic hydroxyl groups excluding tert-OH is 4. The Kier molecular flexibility index (Phi) is 8.53. The Morgan fingerprint density at radius 3 is 2.49 bits per heavy atom. The highest BCUT2D eigenvalue weighted by Gasteiger charge is 2.44. The van der Waals surface area contributed by atoms with E-state index in [1.54, 1.807) is 30.3 Å². The molecule has 190 valence electrons. The number of aromatic amines is 1. The number of carbonyl (C=O) groups excluding carboxylic acids is 2. The van der Waals surface area contributed by atoms with Crippen LogP contribution in [0.1, 0.15) is 11.1 Å². The third-order valence-corrected chi connectivity index (χ3v) is 5.65. The number of hydrogen-bond donors (Lipinski definition) is 7. The second-order valence-electron chi connectivity index (χ2n) is 8.27. The molecule has 0 aliphatic carbocycles. The van der Waals surface area contributed by atoms with Gasteiger partial charge in [-0.1, -0.05) is 30.3 Å². The Morgan fingerprint density at radius 1 is 1.14 bits per heavy atom. The number of aliphatic hydroxyl groups is 4. The lowest BCUT2D eigenvalue weighted by molar-refractivity contribution is -0.254. The molecule has 35 heavy (non-hydrogen) atoms. The first-order valence-electron chi connectivity index (χ1n) is 10.8. The molecule has 13 heteroatoms. The molecular formula is C22H28N4O9. The molecule has 1 fully saturated rings. The quantitative estimate of drug-likeness (QED) is 0.195. The summed E-state index contributed by atoms with van der Waals surface area (Å²) in [5.74, 6) is -1.51. The minimum Gasteiger partial charge on any atom is -0.394 e. The van der Waals surface area contributed by atoms with Crippen LogP contribution in [0.25, 0.3) is 0 Å². The minimum atomic E-state index is -1.73. The van der Waals surface area contributed by atoms with Gasteiger partial charge in [0.1, 0.15) is 36.9 Å². The lowest BCUT2D eigenvalue weighted by Crippen LogP contribution is -2.66. The Morgan fingerprint density at radius 2 is 1.83 bits per heavy atom. The number of carbonyl (C=O) groups is 2. The van der Waals surface area contributed by atoms with Crippen LogP contribution in [0, 0.1) is 6.92 Å². The van der Waals surface area contributed by atoms with E-state index in [4.69, 9.17) is 4.74 Å². The zero-order valence-electron chi connectivity index (χ0n) is 18.8. The monoisotopic (exact) mass is 492 g/mol. The van der Waals surface area contributed by atoms with Gasteiger partial charge in [-0.2, -0.15) is 0 Å². The molecule has 1 aromatic heterocycles. The summed E-state index contributed by atoms with van der Waals surface area (Å²) < 4.78 is 6.03. The number of aromatic nitrogens is 2. The summed E-state index contributed by atoms with van der Waals surface area (Å²) in [6.45, 7) is 0.326. The first-order chi connectivity index (χ1) is 16.6. The summed E-state index contributed by atoms with van der Waals surface area (Å²) in [7, 11) is 0. The second kappa shape index (κ2) is 11.4. The van der Waals surface area contributed by atoms with E-state index in [2.05, 4.69) is 15.6 Å². The fraction of sp³-hybridized carbons (Fsp3) is 0.455. The molecule has 13 nitrogen and oxygen atoms in total. The standard InChI is InChI=1S/C22H28N4O9/c1-11-8-26(22(34)25-19(11)31)9-15(28)23-13(7-12-5-3-2-4-6-12)20(32)24-16-18(30)17(29)14(10-27)35-21(16)33/h2-6,8,13-14,16-18,21,27,29-30,33H,7,9-10H2,1H3,(H,23,28)(H,24,32)(H,25,31,34)/t13-,14+,16+,17+,18+,21+/m0/s1. The van der Waals surface area contributed by atoms with Crippen LogP contribution in [-0.2, 0) is 27.3 Å². The molecule has 2 amide bonds. The van der Waals surface area contributed by atoms with Gasteiger partial charge in [-0.15, -0.1) is 0 Å². The fourth-order valence-electron chi connectivity index (χ4n) is 3.71. The zero-order chi connectivity index (χ0) is 25.7. The van der Waals surface area contributed by atoms with E-state index in [9.17, 15) is 39.6 Å². The van der Waals surface area contributed by atoms with E-state index < -0.39 is 72.9 Å². The van der Waals surface area contributed by atoms with E-state index >= 15 is 0 Å². The van der Waals surface area contributed by atoms with Gasteiger partial charge in [-0.25, -0.2) is 4.79 Å². The van der Waals surface area contributed by atoms with Gasteiger partial charge in [0.25, 0.3) is 5.56 Å². The molecule has 1 aliphatic rings. The molecule has 0 unspecified atom stereocenters. The average molecular weight is 492 g/mol. The van der Waals surface area contributed by atoms with Crippen LogP contribution in [0.15, 0.2) is 46.1 Å². The van der Waals surface area contributed by atoms with Crippen molar-refractivity contribution < 1.29 is 34.8 Å². The Balaban J connectivity index is 1.77. The summed E-state index contributed by atoms with van der Waals surface area (Å²) in [6.07, 6.45) is -4.96. The molecular weight excluding hydrogens is 464 g/mol. The fourth-order valence-corrected chi connectivity index (χ4v) is 3.71. The molecule has 3 rings (SSSR count). The molecule has 7 N–H and O–H groups in total. The molecule has 2 heterocycles. The van der Waals surface area contributed by atoms with Crippen LogP contribution >= 0.6 is 0 Å². The Labute approximate surface area is 199 Å². The minimum absolute atomic E-state index is 0.0273. The first-order valence-corrected chi connectivity index (χ1v) is 10.8. The van der Waals surface area contributed by atoms with Gasteiger partial charge in [0.05, 0.1) is 6.61 Å². The van der Waals surface area contributed by atoms with Crippen LogP contribution in [0.4, 0.5) is 0 Å². The predicted molar refractivity (Wildman–Crippen MR) is 120 cm³/mol. The van der Waals surface area contributed by atoms with E-state index in [1.807, 2.05) is 0 Å². The number of aryl methyl sites for hydroxylation is 1. The number of nitrogens with one attached hydrogen (secondary N) is 3. The van der Waals surface area contributed by atoms with E-state index in [1.165, 1.54) is 13.1 Å². The highest BCUT2D eigenvalue weighted by atomic mass is 16.6. The number of H-pyrrole nitrogens is 1. The van der Waals surface area contributed by atoms with Crippen molar-refractivity contribution in [3.63, 3.8) is 0 Å². The maximum absolute atomic E-state index is 13.1. The van der Waals surface area contributed by atoms with Crippen molar-refractivity contribution in [3.8, 4) is 0 Å². The number of rotatable bonds is 8. The van der Waals surface area contributed by atoms with Crippen molar-refractivity contribution in [1.82, 2.24) is 20.2 Å². The molecule has 0 saturated carbocycles. The van der Waals surface area contributed by atoms with Gasteiger partial charge in [0, 0.05) is 18.2 Å². The predicted octanol–water partition coefficient (Wildman–Crippen LogP) is -3.51. The summed E-state index contributed by atoms with van der Waals surface area (Å²) in [4.78, 5) is 51.4. The third kappa shape index (κ3) is 6.41. The number of benzene rings is 1. The highest BCUT2D eigenvalue weighted by molar-refractivity contribution is 5.88. The van der Waals surface area contributed by atoms with Crippen LogP contribution < -0.4 is 21.9 Å². The first kappa shape index (κ1) is 26.2. The zero-order valence-corrected chi connectivity index (χ0v) is 18.8. The highest BCUT2D eigenvalue weighted by Crippen LogP contribution is 2.20. The van der Waals surface area contributed by atoms with E-state index in [0.717, 1.165) is 4.57 Å². The van der Waals surface area contributed by atoms with Crippen LogP contribution in [-0.4, -0.2) is 85.1 Å². The lowest BCUT2D eigenvalue weighted by Gasteiger charge is -2.40.